The van der Waals surface area contributed by atoms with Crippen LogP contribution in [0.3, 0.4) is 0 Å². The van der Waals surface area contributed by atoms with Crippen LogP contribution in [0.25, 0.3) is 0 Å². The zero-order valence-corrected chi connectivity index (χ0v) is 28.9. The molecular weight excluding hydrogens is 549 g/mol. The highest BCUT2D eigenvalue weighted by Crippen LogP contribution is 2.73. The van der Waals surface area contributed by atoms with Gasteiger partial charge in [0.15, 0.2) is 0 Å². The van der Waals surface area contributed by atoms with Crippen molar-refractivity contribution in [2.75, 3.05) is 6.61 Å². The number of aliphatic hydroxyl groups is 1. The Bertz CT molecular complexity index is 1280. The van der Waals surface area contributed by atoms with E-state index in [1.807, 2.05) is 20.8 Å². The first-order chi connectivity index (χ1) is 20.0. The number of aliphatic hydroxyl groups excluding tert-OH is 1. The second-order valence-electron chi connectivity index (χ2n) is 16.4. The van der Waals surface area contributed by atoms with Gasteiger partial charge in [-0.25, -0.2) is 0 Å². The average molecular weight is 603 g/mol. The van der Waals surface area contributed by atoms with Gasteiger partial charge in [-0.2, -0.15) is 0 Å². The van der Waals surface area contributed by atoms with E-state index in [0.29, 0.717) is 6.61 Å². The normalized spacial score (nSPS) is 32.3. The maximum Gasteiger partial charge on any atom is 0.311 e. The van der Waals surface area contributed by atoms with Gasteiger partial charge in [0.1, 0.15) is 6.10 Å². The second-order valence-corrected chi connectivity index (χ2v) is 20.7. The molecule has 0 bridgehead atoms. The van der Waals surface area contributed by atoms with E-state index in [0.717, 1.165) is 24.8 Å². The van der Waals surface area contributed by atoms with E-state index in [2.05, 4.69) is 109 Å². The Kier molecular flexibility index (Phi) is 8.23. The summed E-state index contributed by atoms with van der Waals surface area (Å²) in [4.78, 5) is 13.3. The molecule has 5 heteroatoms. The van der Waals surface area contributed by atoms with Crippen molar-refractivity contribution in [2.45, 2.75) is 98.8 Å². The molecule has 1 spiro atoms. The summed E-state index contributed by atoms with van der Waals surface area (Å²) in [6.07, 6.45) is 1.93. The first kappa shape index (κ1) is 32.2. The Hall–Kier alpha value is -2.21. The maximum absolute atomic E-state index is 13.3. The summed E-state index contributed by atoms with van der Waals surface area (Å²) >= 11 is 0. The minimum Gasteiger partial charge on any atom is -0.462 e. The van der Waals surface area contributed by atoms with Crippen molar-refractivity contribution in [1.29, 1.82) is 0 Å². The van der Waals surface area contributed by atoms with Crippen LogP contribution in [0.2, 0.25) is 5.04 Å². The van der Waals surface area contributed by atoms with E-state index in [4.69, 9.17) is 9.16 Å². The highest BCUT2D eigenvalue weighted by molar-refractivity contribution is 6.99. The molecule has 3 saturated carbocycles. The van der Waals surface area contributed by atoms with Crippen LogP contribution in [-0.4, -0.2) is 38.2 Å². The average Bonchev–Trinajstić information content (AvgIpc) is 3.35. The predicted octanol–water partition coefficient (Wildman–Crippen LogP) is 7.15. The molecular formula is C38H54O4Si. The summed E-state index contributed by atoms with van der Waals surface area (Å²) in [6, 6.07) is 21.6. The number of benzene rings is 2. The Balaban J connectivity index is 1.64. The predicted molar refractivity (Wildman–Crippen MR) is 178 cm³/mol. The Morgan fingerprint density at radius 2 is 1.51 bits per heavy atom. The minimum absolute atomic E-state index is 0.0296. The topological polar surface area (TPSA) is 55.8 Å². The number of hydrogen-bond donors (Lipinski definition) is 1. The number of esters is 1. The molecule has 43 heavy (non-hydrogen) atoms. The minimum atomic E-state index is -2.80. The van der Waals surface area contributed by atoms with Gasteiger partial charge in [0.25, 0.3) is 8.32 Å². The zero-order valence-electron chi connectivity index (χ0n) is 27.9. The van der Waals surface area contributed by atoms with Crippen molar-refractivity contribution in [3.63, 3.8) is 0 Å². The monoisotopic (exact) mass is 602 g/mol. The number of rotatable bonds is 6. The second kappa shape index (κ2) is 11.0. The lowest BCUT2D eigenvalue weighted by Gasteiger charge is -2.55. The summed E-state index contributed by atoms with van der Waals surface area (Å²) in [7, 11) is -2.80. The van der Waals surface area contributed by atoms with E-state index in [-0.39, 0.29) is 51.6 Å². The SMILES string of the molecule is C=C1[C@@H]2[C@H](O)CC[C@@]23[C@@H](CO[Si](c2ccccc2)(c2ccccc2)C(C)(C)C)[C@H](C)[C@@H](OC(=O)C(C)(C)C)C[C@H]3C1(C)C. The first-order valence-corrected chi connectivity index (χ1v) is 18.2. The number of hydrogen-bond acceptors (Lipinski definition) is 4. The van der Waals surface area contributed by atoms with Crippen LogP contribution in [0.5, 0.6) is 0 Å². The summed E-state index contributed by atoms with van der Waals surface area (Å²) in [5.41, 5.74) is 0.272. The smallest absolute Gasteiger partial charge is 0.311 e. The van der Waals surface area contributed by atoms with Gasteiger partial charge in [-0.05, 0) is 84.0 Å². The molecule has 3 fully saturated rings. The molecule has 0 amide bonds. The molecule has 0 unspecified atom stereocenters. The van der Waals surface area contributed by atoms with Crippen molar-refractivity contribution in [3.05, 3.63) is 72.8 Å². The number of ether oxygens (including phenoxy) is 1. The summed E-state index contributed by atoms with van der Waals surface area (Å²) in [5.74, 6) is 0.310. The van der Waals surface area contributed by atoms with Crippen LogP contribution in [-0.2, 0) is 14.0 Å². The maximum atomic E-state index is 13.3. The molecule has 0 aliphatic heterocycles. The van der Waals surface area contributed by atoms with Gasteiger partial charge >= 0.3 is 5.97 Å². The molecule has 3 aliphatic carbocycles. The molecule has 7 atom stereocenters. The fourth-order valence-electron chi connectivity index (χ4n) is 9.46. The molecule has 234 valence electrons. The fraction of sp³-hybridized carbons (Fsp3) is 0.605. The molecule has 2 aromatic rings. The lowest BCUT2D eigenvalue weighted by atomic mass is 9.52. The summed E-state index contributed by atoms with van der Waals surface area (Å²) < 4.78 is 14.0. The molecule has 0 saturated heterocycles. The van der Waals surface area contributed by atoms with Gasteiger partial charge in [0.2, 0.25) is 0 Å². The van der Waals surface area contributed by atoms with E-state index >= 15 is 0 Å². The van der Waals surface area contributed by atoms with E-state index in [9.17, 15) is 9.90 Å². The molecule has 0 heterocycles. The highest BCUT2D eigenvalue weighted by atomic mass is 28.4. The van der Waals surface area contributed by atoms with Crippen molar-refractivity contribution in [1.82, 2.24) is 0 Å². The van der Waals surface area contributed by atoms with Crippen LogP contribution >= 0.6 is 0 Å². The van der Waals surface area contributed by atoms with Crippen LogP contribution in [0, 0.1) is 39.9 Å². The van der Waals surface area contributed by atoms with Gasteiger partial charge in [-0.1, -0.05) is 114 Å². The van der Waals surface area contributed by atoms with Crippen molar-refractivity contribution in [3.8, 4) is 0 Å². The fourth-order valence-corrected chi connectivity index (χ4v) is 14.0. The van der Waals surface area contributed by atoms with Gasteiger partial charge in [-0.15, -0.1) is 0 Å². The van der Waals surface area contributed by atoms with Gasteiger partial charge in [-0.3, -0.25) is 4.79 Å². The van der Waals surface area contributed by atoms with Crippen molar-refractivity contribution >= 4 is 24.7 Å². The van der Waals surface area contributed by atoms with E-state index < -0.39 is 19.8 Å². The third-order valence-corrected chi connectivity index (χ3v) is 16.7. The Morgan fingerprint density at radius 1 is 0.977 bits per heavy atom. The molecule has 3 aliphatic rings. The Morgan fingerprint density at radius 3 is 2.00 bits per heavy atom. The number of carbonyl (C=O) groups excluding carboxylic acids is 1. The van der Waals surface area contributed by atoms with E-state index in [1.165, 1.54) is 10.4 Å². The molecule has 4 nitrogen and oxygen atoms in total. The third kappa shape index (κ3) is 4.98. The van der Waals surface area contributed by atoms with Crippen LogP contribution in [0.4, 0.5) is 0 Å². The lowest BCUT2D eigenvalue weighted by Crippen LogP contribution is -2.67. The third-order valence-electron chi connectivity index (χ3n) is 11.7. The van der Waals surface area contributed by atoms with E-state index in [1.54, 1.807) is 0 Å². The molecule has 0 aromatic heterocycles. The molecule has 0 radical (unpaired) electrons. The summed E-state index contributed by atoms with van der Waals surface area (Å²) in [6.45, 7) is 24.8. The largest absolute Gasteiger partial charge is 0.462 e. The highest BCUT2D eigenvalue weighted by Gasteiger charge is 2.71. The Labute approximate surface area is 261 Å². The quantitative estimate of drug-likeness (QED) is 0.217. The molecule has 1 N–H and O–H groups in total. The van der Waals surface area contributed by atoms with Crippen LogP contribution in [0.15, 0.2) is 72.8 Å². The van der Waals surface area contributed by atoms with Crippen molar-refractivity contribution < 1.29 is 19.1 Å². The standard InChI is InChI=1S/C38H54O4Si/c1-25-29(24-41-43(36(6,7)8,27-17-13-11-14-18-27)28-19-15-12-16-20-28)38-22-21-30(39)33(38)26(2)37(9,10)32(38)23-31(25)42-34(40)35(3,4)5/h11-20,25,29-33,39H,2,21-24H2,1,3-10H3/t25-,29-,30+,31-,32-,33+,38-/m0/s1. The zero-order chi connectivity index (χ0) is 31.6. The molecule has 5 rings (SSSR count). The van der Waals surface area contributed by atoms with Crippen LogP contribution < -0.4 is 10.4 Å². The first-order valence-electron chi connectivity index (χ1n) is 16.3. The van der Waals surface area contributed by atoms with Crippen molar-refractivity contribution in [2.24, 2.45) is 39.9 Å². The number of carbonyl (C=O) groups is 1. The lowest BCUT2D eigenvalue weighted by molar-refractivity contribution is -0.178. The van der Waals surface area contributed by atoms with Gasteiger partial charge in [0, 0.05) is 12.5 Å². The van der Waals surface area contributed by atoms with Gasteiger partial charge in [0.05, 0.1) is 11.5 Å². The van der Waals surface area contributed by atoms with Gasteiger partial charge < -0.3 is 14.3 Å². The van der Waals surface area contributed by atoms with Crippen LogP contribution in [0.1, 0.15) is 81.6 Å². The summed E-state index contributed by atoms with van der Waals surface area (Å²) in [5, 5.41) is 13.9. The molecule has 2 aromatic carbocycles.